The Morgan fingerprint density at radius 1 is 1.83 bits per heavy atom. The van der Waals surface area contributed by atoms with Crippen LogP contribution >= 0.6 is 12.6 Å². The van der Waals surface area contributed by atoms with Crippen LogP contribution < -0.4 is 5.32 Å². The van der Waals surface area contributed by atoms with E-state index in [1.165, 1.54) is 0 Å². The number of rotatable bonds is 2. The average molecular weight is 104 g/mol. The van der Waals surface area contributed by atoms with E-state index in [0.29, 0.717) is 0 Å². The molecule has 0 bridgehead atoms. The molecule has 1 atom stereocenters. The van der Waals surface area contributed by atoms with Crippen LogP contribution in [0, 0.1) is 0 Å². The van der Waals surface area contributed by atoms with E-state index in [0.717, 1.165) is 6.42 Å². The summed E-state index contributed by atoms with van der Waals surface area (Å²) >= 11 is 4.83. The summed E-state index contributed by atoms with van der Waals surface area (Å²) in [6, 6.07) is 0. The number of nitrogens with one attached hydrogen (secondary N) is 1. The normalized spacial score (nSPS) is 14.5. The zero-order valence-corrected chi connectivity index (χ0v) is 5.01. The molecule has 1 unspecified atom stereocenters. The Labute approximate surface area is 44.5 Å². The van der Waals surface area contributed by atoms with Gasteiger partial charge in [0, 0.05) is 0 Å². The molecule has 0 saturated carbocycles. The van der Waals surface area contributed by atoms with Crippen LogP contribution in [-0.4, -0.2) is 12.4 Å². The van der Waals surface area contributed by atoms with Crippen LogP contribution in [0.4, 0.5) is 0 Å². The fraction of sp³-hybridized carbons (Fsp3) is 1.00. The Kier molecular flexibility index (Phi) is 3.68. The molecule has 1 N–H and O–H groups in total. The van der Waals surface area contributed by atoms with Crippen LogP contribution in [0.3, 0.4) is 0 Å². The second-order valence-electron chi connectivity index (χ2n) is 1.19. The first-order valence-corrected chi connectivity index (χ1v) is 2.61. The third-order valence-electron chi connectivity index (χ3n) is 0.693. The summed E-state index contributed by atoms with van der Waals surface area (Å²) in [4.78, 5) is 0. The van der Waals surface area contributed by atoms with E-state index in [9.17, 15) is 0 Å². The quantitative estimate of drug-likeness (QED) is 0.554. The fourth-order valence-corrected chi connectivity index (χ4v) is 0.204. The lowest BCUT2D eigenvalue weighted by atomic mass is 10.5. The Balaban J connectivity index is 2.75. The van der Waals surface area contributed by atoms with Gasteiger partial charge < -0.3 is 5.32 Å². The predicted octanol–water partition coefficient (Wildman–Crippen LogP) is 1.14. The van der Waals surface area contributed by atoms with Gasteiger partial charge in [-0.05, 0) is 13.5 Å². The Bertz CT molecular complexity index is 26.7. The Hall–Kier alpha value is 0.310. The lowest BCUT2D eigenvalue weighted by molar-refractivity contribution is 0.723. The molecule has 0 aromatic carbocycles. The number of hydrogen-bond acceptors (Lipinski definition) is 1. The van der Waals surface area contributed by atoms with E-state index in [1.54, 1.807) is 0 Å². The molecule has 0 fully saturated rings. The maximum atomic E-state index is 4.83. The zero-order chi connectivity index (χ0) is 4.99. The lowest BCUT2D eigenvalue weighted by Crippen LogP contribution is -2.16. The monoisotopic (exact) mass is 104 g/mol. The van der Waals surface area contributed by atoms with Crippen molar-refractivity contribution in [3.8, 4) is 0 Å². The van der Waals surface area contributed by atoms with E-state index in [2.05, 4.69) is 12.2 Å². The van der Waals surface area contributed by atoms with Crippen molar-refractivity contribution >= 4 is 12.6 Å². The van der Waals surface area contributed by atoms with Crippen LogP contribution in [0.2, 0.25) is 0 Å². The van der Waals surface area contributed by atoms with Crippen LogP contribution in [0.15, 0.2) is 0 Å². The second kappa shape index (κ2) is 3.50. The van der Waals surface area contributed by atoms with Crippen molar-refractivity contribution in [1.29, 1.82) is 0 Å². The fourth-order valence-electron chi connectivity index (χ4n) is 0.204. The minimum absolute atomic E-state index is 0.269. The van der Waals surface area contributed by atoms with Crippen molar-refractivity contribution in [2.75, 3.05) is 7.05 Å². The Morgan fingerprint density at radius 2 is 2.33 bits per heavy atom. The van der Waals surface area contributed by atoms with Crippen molar-refractivity contribution in [2.24, 2.45) is 0 Å². The first kappa shape index (κ1) is 6.31. The molecule has 0 aliphatic rings. The van der Waals surface area contributed by atoms with Gasteiger partial charge in [-0.3, -0.25) is 0 Å². The molecule has 0 rings (SSSR count). The first-order valence-electron chi connectivity index (χ1n) is 2.14. The summed E-state index contributed by atoms with van der Waals surface area (Å²) in [5.41, 5.74) is 0. The van der Waals surface area contributed by atoms with Crippen molar-refractivity contribution in [3.63, 3.8) is 0 Å². The summed E-state index contributed by atoms with van der Waals surface area (Å²) in [7, 11) is 1.88. The predicted molar refractivity (Wildman–Crippen MR) is 30.7 cm³/mol. The van der Waals surface area contributed by atoms with E-state index in [4.69, 9.17) is 12.6 Å². The molecule has 2 heteroatoms. The minimum Gasteiger partial charge on any atom is -0.308 e. The van der Waals surface area contributed by atoms with Gasteiger partial charge in [0.15, 0.2) is 0 Å². The molecule has 1 nitrogen and oxygen atoms in total. The highest BCUT2D eigenvalue weighted by atomic mass is 32.1. The summed E-state index contributed by atoms with van der Waals surface area (Å²) in [5.74, 6) is 0. The highest BCUT2D eigenvalue weighted by Gasteiger charge is 1.89. The third kappa shape index (κ3) is 2.54. The lowest BCUT2D eigenvalue weighted by Gasteiger charge is -1.99. The van der Waals surface area contributed by atoms with Gasteiger partial charge in [0.05, 0.1) is 5.37 Å². The minimum atomic E-state index is 0.269. The highest BCUT2D eigenvalue weighted by molar-refractivity contribution is 7.80. The van der Waals surface area contributed by atoms with Crippen molar-refractivity contribution < 1.29 is 0 Å². The molecular formula is C4H10NS. The first-order chi connectivity index (χ1) is 2.81. The molecular weight excluding hydrogens is 94.1 g/mol. The molecule has 0 heterocycles. The standard InChI is InChI=1S/C4H10NS/c1-3-4(6)5-2/h4-5H,3H2,1-2H3. The molecule has 0 aromatic rings. The zero-order valence-electron chi connectivity index (χ0n) is 4.19. The van der Waals surface area contributed by atoms with E-state index in [-0.39, 0.29) is 5.37 Å². The number of hydrogen-bond donors (Lipinski definition) is 1. The van der Waals surface area contributed by atoms with Gasteiger partial charge in [0.1, 0.15) is 0 Å². The molecule has 0 aromatic heterocycles. The van der Waals surface area contributed by atoms with Crippen LogP contribution in [-0.2, 0) is 0 Å². The Morgan fingerprint density at radius 3 is 2.33 bits per heavy atom. The van der Waals surface area contributed by atoms with Crippen molar-refractivity contribution in [2.45, 2.75) is 18.7 Å². The van der Waals surface area contributed by atoms with Gasteiger partial charge in [0.25, 0.3) is 0 Å². The van der Waals surface area contributed by atoms with Gasteiger partial charge >= 0.3 is 0 Å². The van der Waals surface area contributed by atoms with Gasteiger partial charge in [0.2, 0.25) is 0 Å². The SMILES string of the molecule is CCC([S])NC. The van der Waals surface area contributed by atoms with E-state index in [1.807, 2.05) is 7.05 Å². The highest BCUT2D eigenvalue weighted by Crippen LogP contribution is 1.90. The second-order valence-corrected chi connectivity index (χ2v) is 1.75. The van der Waals surface area contributed by atoms with Crippen molar-refractivity contribution in [3.05, 3.63) is 0 Å². The van der Waals surface area contributed by atoms with Gasteiger partial charge in [-0.15, -0.1) is 0 Å². The van der Waals surface area contributed by atoms with Gasteiger partial charge in [-0.1, -0.05) is 19.6 Å². The molecule has 0 spiro atoms. The molecule has 6 heavy (non-hydrogen) atoms. The summed E-state index contributed by atoms with van der Waals surface area (Å²) < 4.78 is 0. The molecule has 0 saturated heterocycles. The van der Waals surface area contributed by atoms with Gasteiger partial charge in [-0.25, -0.2) is 0 Å². The molecule has 0 amide bonds. The van der Waals surface area contributed by atoms with E-state index >= 15 is 0 Å². The molecule has 0 aliphatic carbocycles. The summed E-state index contributed by atoms with van der Waals surface area (Å²) in [6.45, 7) is 2.06. The van der Waals surface area contributed by atoms with Gasteiger partial charge in [-0.2, -0.15) is 0 Å². The maximum absolute atomic E-state index is 4.83. The summed E-state index contributed by atoms with van der Waals surface area (Å²) in [6.07, 6.45) is 1.03. The van der Waals surface area contributed by atoms with E-state index < -0.39 is 0 Å². The van der Waals surface area contributed by atoms with Crippen LogP contribution in [0.1, 0.15) is 13.3 Å². The topological polar surface area (TPSA) is 12.0 Å². The van der Waals surface area contributed by atoms with Crippen molar-refractivity contribution in [1.82, 2.24) is 5.32 Å². The van der Waals surface area contributed by atoms with Crippen LogP contribution in [0.25, 0.3) is 0 Å². The third-order valence-corrected chi connectivity index (χ3v) is 1.26. The average Bonchev–Trinajstić information content (AvgIpc) is 1.65. The molecule has 1 radical (unpaired) electrons. The smallest absolute Gasteiger partial charge is 0.0632 e. The largest absolute Gasteiger partial charge is 0.308 e. The molecule has 37 valence electrons. The summed E-state index contributed by atoms with van der Waals surface area (Å²) in [5, 5.41) is 3.20. The maximum Gasteiger partial charge on any atom is 0.0632 e. The van der Waals surface area contributed by atoms with Crippen LogP contribution in [0.5, 0.6) is 0 Å². The molecule has 0 aliphatic heterocycles.